The third-order valence-electron chi connectivity index (χ3n) is 9.28. The van der Waals surface area contributed by atoms with E-state index in [9.17, 15) is 9.59 Å². The van der Waals surface area contributed by atoms with E-state index in [4.69, 9.17) is 9.47 Å². The molecular weight excluding hydrogens is 717 g/mol. The maximum Gasteiger partial charge on any atom is 0.410 e. The van der Waals surface area contributed by atoms with Crippen molar-refractivity contribution in [2.45, 2.75) is 59.2 Å². The number of imidazole rings is 3. The summed E-state index contributed by atoms with van der Waals surface area (Å²) >= 11 is 0. The highest BCUT2D eigenvalue weighted by Gasteiger charge is 2.29. The molecule has 56 heavy (non-hydrogen) atoms. The fourth-order valence-corrected chi connectivity index (χ4v) is 5.97. The van der Waals surface area contributed by atoms with E-state index in [0.29, 0.717) is 50.7 Å². The SMILES string of the molecule is Cc1cn(-c2ccn3c(N(C)CCN(CCC(C)(C)OC(=O)N(C)CCN(C)c4cnc5cc(-c6cnn(C)c6)ncn45)C(=O)OC(C)(C)C)cnc3n2)cn1. The van der Waals surface area contributed by atoms with Crippen molar-refractivity contribution >= 4 is 35.2 Å². The average Bonchev–Trinajstić information content (AvgIpc) is 3.95. The van der Waals surface area contributed by atoms with E-state index < -0.39 is 23.4 Å². The van der Waals surface area contributed by atoms with Crippen LogP contribution in [0.15, 0.2) is 62.0 Å². The third kappa shape index (κ3) is 9.35. The Hall–Kier alpha value is -6.20. The number of hydrogen-bond donors (Lipinski definition) is 0. The second kappa shape index (κ2) is 15.9. The number of carbonyl (C=O) groups is 2. The summed E-state index contributed by atoms with van der Waals surface area (Å²) in [5.74, 6) is 2.92. The molecule has 0 spiro atoms. The number of anilines is 2. The first kappa shape index (κ1) is 39.5. The van der Waals surface area contributed by atoms with Gasteiger partial charge in [-0.15, -0.1) is 0 Å². The summed E-state index contributed by atoms with van der Waals surface area (Å²) in [6.45, 7) is 13.2. The van der Waals surface area contributed by atoms with Gasteiger partial charge in [0.15, 0.2) is 0 Å². The van der Waals surface area contributed by atoms with Crippen LogP contribution in [0.4, 0.5) is 21.2 Å². The van der Waals surface area contributed by atoms with Crippen molar-refractivity contribution in [3.63, 3.8) is 0 Å². The van der Waals surface area contributed by atoms with Gasteiger partial charge in [-0.25, -0.2) is 29.5 Å². The van der Waals surface area contributed by atoms with Crippen molar-refractivity contribution in [3.05, 3.63) is 67.7 Å². The predicted molar refractivity (Wildman–Crippen MR) is 212 cm³/mol. The van der Waals surface area contributed by atoms with Gasteiger partial charge >= 0.3 is 12.2 Å². The van der Waals surface area contributed by atoms with E-state index >= 15 is 0 Å². The molecule has 0 aliphatic rings. The van der Waals surface area contributed by atoms with Crippen molar-refractivity contribution in [1.82, 2.24) is 57.9 Å². The first-order chi connectivity index (χ1) is 26.5. The lowest BCUT2D eigenvalue weighted by Gasteiger charge is -2.33. The zero-order valence-electron chi connectivity index (χ0n) is 33.9. The van der Waals surface area contributed by atoms with Gasteiger partial charge in [0, 0.05) is 97.6 Å². The van der Waals surface area contributed by atoms with E-state index in [1.807, 2.05) is 117 Å². The molecule has 0 aliphatic carbocycles. The van der Waals surface area contributed by atoms with Crippen LogP contribution in [0.25, 0.3) is 28.5 Å². The van der Waals surface area contributed by atoms with Crippen molar-refractivity contribution in [2.24, 2.45) is 7.05 Å². The molecule has 6 aromatic heterocycles. The Morgan fingerprint density at radius 3 is 2.18 bits per heavy atom. The molecule has 0 radical (unpaired) electrons. The van der Waals surface area contributed by atoms with Crippen LogP contribution in [0, 0.1) is 6.92 Å². The average molecular weight is 769 g/mol. The molecule has 0 unspecified atom stereocenters. The topological polar surface area (TPSA) is 162 Å². The van der Waals surface area contributed by atoms with E-state index in [1.54, 1.807) is 52.8 Å². The Bertz CT molecular complexity index is 2300. The zero-order valence-corrected chi connectivity index (χ0v) is 33.9. The van der Waals surface area contributed by atoms with Gasteiger partial charge in [0.25, 0.3) is 0 Å². The lowest BCUT2D eigenvalue weighted by molar-refractivity contribution is -0.000497. The highest BCUT2D eigenvalue weighted by atomic mass is 16.6. The van der Waals surface area contributed by atoms with Crippen molar-refractivity contribution in [3.8, 4) is 17.1 Å². The third-order valence-corrected chi connectivity index (χ3v) is 9.28. The minimum Gasteiger partial charge on any atom is -0.444 e. The van der Waals surface area contributed by atoms with Gasteiger partial charge in [0.1, 0.15) is 47.0 Å². The number of rotatable bonds is 14. The monoisotopic (exact) mass is 768 g/mol. The molecule has 0 aliphatic heterocycles. The second-order valence-corrected chi connectivity index (χ2v) is 15.6. The molecule has 6 rings (SSSR count). The summed E-state index contributed by atoms with van der Waals surface area (Å²) in [7, 11) is 7.45. The molecule has 0 atom stereocenters. The minimum absolute atomic E-state index is 0.308. The largest absolute Gasteiger partial charge is 0.444 e. The first-order valence-corrected chi connectivity index (χ1v) is 18.5. The number of aryl methyl sites for hydroxylation is 2. The Kier molecular flexibility index (Phi) is 11.2. The molecule has 0 bridgehead atoms. The van der Waals surface area contributed by atoms with Gasteiger partial charge in [0.2, 0.25) is 5.78 Å². The van der Waals surface area contributed by atoms with Crippen LogP contribution >= 0.6 is 0 Å². The standard InChI is InChI=1S/C38H52N14O4/c1-27-23-50(25-41-27)30-11-13-51-32(22-40-34(51)44-30)46(8)17-18-49(36(54)55-37(2,3)4)14-12-38(5,6)56-35(53)47(9)16-15-45(7)33-21-39-31-19-29(42-26-52(31)33)28-20-43-48(10)24-28/h11,13,19-26H,12,14-18H2,1-10H3. The van der Waals surface area contributed by atoms with Crippen LogP contribution in [-0.4, -0.2) is 135 Å². The van der Waals surface area contributed by atoms with Crippen molar-refractivity contribution < 1.29 is 19.1 Å². The first-order valence-electron chi connectivity index (χ1n) is 18.5. The highest BCUT2D eigenvalue weighted by Crippen LogP contribution is 2.23. The Labute approximate surface area is 326 Å². The van der Waals surface area contributed by atoms with Gasteiger partial charge in [-0.1, -0.05) is 0 Å². The number of hydrogen-bond acceptors (Lipinski definition) is 12. The van der Waals surface area contributed by atoms with Gasteiger partial charge in [-0.2, -0.15) is 10.1 Å². The molecule has 298 valence electrons. The summed E-state index contributed by atoms with van der Waals surface area (Å²) in [5, 5.41) is 4.23. The van der Waals surface area contributed by atoms with Crippen molar-refractivity contribution in [1.29, 1.82) is 0 Å². The fraction of sp³-hybridized carbons (Fsp3) is 0.474. The summed E-state index contributed by atoms with van der Waals surface area (Å²) < 4.78 is 19.1. The maximum absolute atomic E-state index is 13.4. The van der Waals surface area contributed by atoms with Crippen LogP contribution in [0.5, 0.6) is 0 Å². The van der Waals surface area contributed by atoms with Crippen LogP contribution in [0.3, 0.4) is 0 Å². The number of carbonyl (C=O) groups excluding carboxylic acids is 2. The van der Waals surface area contributed by atoms with Gasteiger partial charge in [-0.3, -0.25) is 18.1 Å². The summed E-state index contributed by atoms with van der Waals surface area (Å²) in [6, 6.07) is 3.82. The van der Waals surface area contributed by atoms with E-state index in [2.05, 4.69) is 30.0 Å². The van der Waals surface area contributed by atoms with E-state index in [-0.39, 0.29) is 0 Å². The molecule has 18 nitrogen and oxygen atoms in total. The molecular formula is C38H52N14O4. The quantitative estimate of drug-likeness (QED) is 0.150. The Morgan fingerprint density at radius 2 is 1.50 bits per heavy atom. The van der Waals surface area contributed by atoms with E-state index in [0.717, 1.165) is 34.2 Å². The second-order valence-electron chi connectivity index (χ2n) is 15.6. The molecule has 0 saturated carbocycles. The lowest BCUT2D eigenvalue weighted by Crippen LogP contribution is -2.44. The normalized spacial score (nSPS) is 12.0. The lowest BCUT2D eigenvalue weighted by atomic mass is 10.1. The molecule has 2 amide bonds. The summed E-state index contributed by atoms with van der Waals surface area (Å²) in [5.41, 5.74) is 1.80. The predicted octanol–water partition coefficient (Wildman–Crippen LogP) is 4.71. The maximum atomic E-state index is 13.4. The number of amides is 2. The number of ether oxygens (including phenoxy) is 2. The zero-order chi connectivity index (χ0) is 40.4. The van der Waals surface area contributed by atoms with Gasteiger partial charge in [0.05, 0.1) is 30.0 Å². The number of fused-ring (bicyclic) bond motifs is 2. The summed E-state index contributed by atoms with van der Waals surface area (Å²) in [4.78, 5) is 56.6. The molecule has 0 saturated heterocycles. The van der Waals surface area contributed by atoms with Crippen LogP contribution in [-0.2, 0) is 16.5 Å². The molecule has 18 heteroatoms. The summed E-state index contributed by atoms with van der Waals surface area (Å²) in [6.07, 6.45) is 14.0. The fourth-order valence-electron chi connectivity index (χ4n) is 5.97. The van der Waals surface area contributed by atoms with Crippen LogP contribution in [0.1, 0.15) is 46.7 Å². The van der Waals surface area contributed by atoms with Crippen LogP contribution < -0.4 is 9.80 Å². The van der Waals surface area contributed by atoms with Crippen molar-refractivity contribution in [2.75, 3.05) is 63.7 Å². The molecule has 0 aromatic carbocycles. The number of aromatic nitrogens is 10. The van der Waals surface area contributed by atoms with Crippen LogP contribution in [0.2, 0.25) is 0 Å². The number of likely N-dealkylation sites (N-methyl/N-ethyl adjacent to an activating group) is 3. The molecule has 6 heterocycles. The molecule has 0 N–H and O–H groups in total. The molecule has 0 fully saturated rings. The Balaban J connectivity index is 1.03. The van der Waals surface area contributed by atoms with Gasteiger partial charge < -0.3 is 29.1 Å². The minimum atomic E-state index is -0.873. The smallest absolute Gasteiger partial charge is 0.410 e. The highest BCUT2D eigenvalue weighted by molar-refractivity contribution is 5.69. The Morgan fingerprint density at radius 1 is 0.786 bits per heavy atom. The van der Waals surface area contributed by atoms with E-state index in [1.165, 1.54) is 0 Å². The molecule has 6 aromatic rings. The number of nitrogens with zero attached hydrogens (tertiary/aromatic N) is 14. The van der Waals surface area contributed by atoms with Gasteiger partial charge in [-0.05, 0) is 47.6 Å².